The molecule has 0 spiro atoms. The van der Waals surface area contributed by atoms with Crippen molar-refractivity contribution in [1.82, 2.24) is 10.2 Å². The molecule has 2 rings (SSSR count). The number of carbonyl (C=O) groups excluding carboxylic acids is 1. The molecule has 4 heteroatoms. The second-order valence-electron chi connectivity index (χ2n) is 6.20. The number of hydrogen-bond acceptors (Lipinski definition) is 3. The summed E-state index contributed by atoms with van der Waals surface area (Å²) in [5, 5.41) is 3.62. The first-order chi connectivity index (χ1) is 10.1. The summed E-state index contributed by atoms with van der Waals surface area (Å²) in [7, 11) is 0. The third-order valence-electron chi connectivity index (χ3n) is 4.30. The Balaban J connectivity index is 1.85. The zero-order valence-electron chi connectivity index (χ0n) is 13.1. The average Bonchev–Trinajstić information content (AvgIpc) is 2.71. The van der Waals surface area contributed by atoms with Gasteiger partial charge in [0.15, 0.2) is 0 Å². The lowest BCUT2D eigenvalue weighted by Gasteiger charge is -2.24. The maximum atomic E-state index is 11.2. The minimum absolute atomic E-state index is 0.362. The lowest BCUT2D eigenvalue weighted by atomic mass is 10.1. The molecule has 3 N–H and O–H groups in total. The van der Waals surface area contributed by atoms with E-state index in [-0.39, 0.29) is 5.91 Å². The minimum Gasteiger partial charge on any atom is -0.366 e. The highest BCUT2D eigenvalue weighted by molar-refractivity contribution is 5.92. The van der Waals surface area contributed by atoms with Gasteiger partial charge in [0.1, 0.15) is 0 Å². The Kier molecular flexibility index (Phi) is 5.76. The van der Waals surface area contributed by atoms with Crippen LogP contribution in [0, 0.1) is 0 Å². The molecular weight excluding hydrogens is 262 g/mol. The standard InChI is InChI=1S/C17H27N3O/c1-13(2)20-9-4-7-16(8-10-20)19-12-14-5-3-6-15(11-14)17(18)21/h3,5-6,11,13,16,19H,4,7-10,12H2,1-2H3,(H2,18,21). The minimum atomic E-state index is -0.362. The number of amides is 1. The van der Waals surface area contributed by atoms with Crippen molar-refractivity contribution < 1.29 is 4.79 Å². The summed E-state index contributed by atoms with van der Waals surface area (Å²) in [6.07, 6.45) is 3.66. The number of benzene rings is 1. The van der Waals surface area contributed by atoms with Crippen molar-refractivity contribution in [1.29, 1.82) is 0 Å². The summed E-state index contributed by atoms with van der Waals surface area (Å²) in [5.74, 6) is -0.362. The molecule has 4 nitrogen and oxygen atoms in total. The van der Waals surface area contributed by atoms with Crippen LogP contribution in [0.3, 0.4) is 0 Å². The topological polar surface area (TPSA) is 58.4 Å². The highest BCUT2D eigenvalue weighted by Gasteiger charge is 2.18. The smallest absolute Gasteiger partial charge is 0.248 e. The van der Waals surface area contributed by atoms with Crippen LogP contribution in [0.4, 0.5) is 0 Å². The van der Waals surface area contributed by atoms with Gasteiger partial charge >= 0.3 is 0 Å². The number of nitrogens with two attached hydrogens (primary N) is 1. The zero-order valence-corrected chi connectivity index (χ0v) is 13.1. The summed E-state index contributed by atoms with van der Waals surface area (Å²) in [6, 6.07) is 8.77. The van der Waals surface area contributed by atoms with E-state index in [1.807, 2.05) is 18.2 Å². The summed E-state index contributed by atoms with van der Waals surface area (Å²) >= 11 is 0. The molecule has 1 heterocycles. The molecule has 1 amide bonds. The van der Waals surface area contributed by atoms with E-state index in [9.17, 15) is 4.79 Å². The third-order valence-corrected chi connectivity index (χ3v) is 4.30. The van der Waals surface area contributed by atoms with Gasteiger partial charge in [-0.05, 0) is 63.9 Å². The van der Waals surface area contributed by atoms with E-state index in [4.69, 9.17) is 5.73 Å². The van der Waals surface area contributed by atoms with Crippen LogP contribution in [0.25, 0.3) is 0 Å². The molecule has 0 aromatic heterocycles. The van der Waals surface area contributed by atoms with Crippen LogP contribution in [0.2, 0.25) is 0 Å². The van der Waals surface area contributed by atoms with Crippen LogP contribution >= 0.6 is 0 Å². The predicted molar refractivity (Wildman–Crippen MR) is 86.1 cm³/mol. The van der Waals surface area contributed by atoms with Crippen LogP contribution in [0.1, 0.15) is 49.0 Å². The van der Waals surface area contributed by atoms with Crippen LogP contribution in [0.15, 0.2) is 24.3 Å². The molecule has 21 heavy (non-hydrogen) atoms. The molecular formula is C17H27N3O. The number of rotatable bonds is 5. The Hall–Kier alpha value is -1.39. The van der Waals surface area contributed by atoms with Crippen LogP contribution < -0.4 is 11.1 Å². The van der Waals surface area contributed by atoms with Crippen molar-refractivity contribution in [3.63, 3.8) is 0 Å². The summed E-state index contributed by atoms with van der Waals surface area (Å²) in [5.41, 5.74) is 7.03. The molecule has 1 aromatic carbocycles. The van der Waals surface area contributed by atoms with Crippen LogP contribution in [-0.4, -0.2) is 36.0 Å². The summed E-state index contributed by atoms with van der Waals surface area (Å²) < 4.78 is 0. The second-order valence-corrected chi connectivity index (χ2v) is 6.20. The van der Waals surface area contributed by atoms with E-state index in [1.54, 1.807) is 6.07 Å². The Bertz CT molecular complexity index is 473. The number of hydrogen-bond donors (Lipinski definition) is 2. The van der Waals surface area contributed by atoms with E-state index >= 15 is 0 Å². The molecule has 1 aliphatic heterocycles. The molecule has 1 unspecified atom stereocenters. The SMILES string of the molecule is CC(C)N1CCCC(NCc2cccc(C(N)=O)c2)CC1. The zero-order chi connectivity index (χ0) is 15.2. The van der Waals surface area contributed by atoms with Gasteiger partial charge in [0.25, 0.3) is 0 Å². The number of carbonyl (C=O) groups is 1. The first-order valence-electron chi connectivity index (χ1n) is 7.92. The van der Waals surface area contributed by atoms with Gasteiger partial charge < -0.3 is 16.0 Å². The van der Waals surface area contributed by atoms with Gasteiger partial charge in [0.2, 0.25) is 5.91 Å². The van der Waals surface area contributed by atoms with Gasteiger partial charge in [-0.3, -0.25) is 4.79 Å². The normalized spacial score (nSPS) is 20.4. The molecule has 0 aliphatic carbocycles. The number of nitrogens with zero attached hydrogens (tertiary/aromatic N) is 1. The number of nitrogens with one attached hydrogen (secondary N) is 1. The van der Waals surface area contributed by atoms with Crippen molar-refractivity contribution in [3.8, 4) is 0 Å². The highest BCUT2D eigenvalue weighted by atomic mass is 16.1. The Labute approximate surface area is 127 Å². The Morgan fingerprint density at radius 1 is 1.38 bits per heavy atom. The van der Waals surface area contributed by atoms with Gasteiger partial charge in [-0.1, -0.05) is 12.1 Å². The largest absolute Gasteiger partial charge is 0.366 e. The molecule has 0 radical (unpaired) electrons. The van der Waals surface area contributed by atoms with E-state index in [0.29, 0.717) is 17.6 Å². The van der Waals surface area contributed by atoms with Gasteiger partial charge in [-0.25, -0.2) is 0 Å². The van der Waals surface area contributed by atoms with Crippen molar-refractivity contribution >= 4 is 5.91 Å². The van der Waals surface area contributed by atoms with Crippen molar-refractivity contribution in [3.05, 3.63) is 35.4 Å². The van der Waals surface area contributed by atoms with Gasteiger partial charge in [0, 0.05) is 24.2 Å². The number of likely N-dealkylation sites (tertiary alicyclic amines) is 1. The van der Waals surface area contributed by atoms with Gasteiger partial charge in [-0.15, -0.1) is 0 Å². The van der Waals surface area contributed by atoms with E-state index < -0.39 is 0 Å². The molecule has 1 aromatic rings. The molecule has 116 valence electrons. The molecule has 1 aliphatic rings. The fourth-order valence-corrected chi connectivity index (χ4v) is 2.94. The second kappa shape index (κ2) is 7.57. The molecule has 0 saturated carbocycles. The van der Waals surface area contributed by atoms with Crippen LogP contribution in [0.5, 0.6) is 0 Å². The molecule has 0 bridgehead atoms. The predicted octanol–water partition coefficient (Wildman–Crippen LogP) is 2.14. The quantitative estimate of drug-likeness (QED) is 0.873. The van der Waals surface area contributed by atoms with Crippen molar-refractivity contribution in [2.45, 2.75) is 51.7 Å². The molecule has 1 saturated heterocycles. The maximum absolute atomic E-state index is 11.2. The monoisotopic (exact) mass is 289 g/mol. The van der Waals surface area contributed by atoms with E-state index in [2.05, 4.69) is 24.1 Å². The lowest BCUT2D eigenvalue weighted by molar-refractivity contribution is 0.1000. The first-order valence-corrected chi connectivity index (χ1v) is 7.92. The van der Waals surface area contributed by atoms with E-state index in [0.717, 1.165) is 18.7 Å². The average molecular weight is 289 g/mol. The van der Waals surface area contributed by atoms with Crippen LogP contribution in [-0.2, 0) is 6.54 Å². The first kappa shape index (κ1) is 16.0. The lowest BCUT2D eigenvalue weighted by Crippen LogP contribution is -2.33. The summed E-state index contributed by atoms with van der Waals surface area (Å²) in [4.78, 5) is 13.8. The molecule has 1 atom stereocenters. The third kappa shape index (κ3) is 4.83. The van der Waals surface area contributed by atoms with Gasteiger partial charge in [0.05, 0.1) is 0 Å². The Morgan fingerprint density at radius 3 is 2.90 bits per heavy atom. The van der Waals surface area contributed by atoms with E-state index in [1.165, 1.54) is 25.8 Å². The fourth-order valence-electron chi connectivity index (χ4n) is 2.94. The van der Waals surface area contributed by atoms with Crippen molar-refractivity contribution in [2.24, 2.45) is 5.73 Å². The number of primary amides is 1. The van der Waals surface area contributed by atoms with Gasteiger partial charge in [-0.2, -0.15) is 0 Å². The summed E-state index contributed by atoms with van der Waals surface area (Å²) in [6.45, 7) is 7.70. The maximum Gasteiger partial charge on any atom is 0.248 e. The fraction of sp³-hybridized carbons (Fsp3) is 0.588. The van der Waals surface area contributed by atoms with Crippen molar-refractivity contribution in [2.75, 3.05) is 13.1 Å². The Morgan fingerprint density at radius 2 is 2.19 bits per heavy atom. The molecule has 1 fully saturated rings. The highest BCUT2D eigenvalue weighted by Crippen LogP contribution is 2.14.